The van der Waals surface area contributed by atoms with Crippen molar-refractivity contribution in [2.24, 2.45) is 7.05 Å². The van der Waals surface area contributed by atoms with Gasteiger partial charge in [0.05, 0.1) is 23.4 Å². The summed E-state index contributed by atoms with van der Waals surface area (Å²) in [7, 11) is 1.84. The lowest BCUT2D eigenvalue weighted by atomic mass is 9.89. The molecular formula is C25H25N7O. The van der Waals surface area contributed by atoms with Crippen LogP contribution in [0.4, 0.5) is 11.5 Å². The minimum absolute atomic E-state index is 0.0295. The van der Waals surface area contributed by atoms with E-state index in [1.807, 2.05) is 36.3 Å². The van der Waals surface area contributed by atoms with E-state index in [0.717, 1.165) is 48.3 Å². The van der Waals surface area contributed by atoms with Crippen LogP contribution in [0.5, 0.6) is 0 Å². The lowest BCUT2D eigenvalue weighted by molar-refractivity contribution is -0.117. The minimum atomic E-state index is -0.0295. The van der Waals surface area contributed by atoms with Crippen LogP contribution < -0.4 is 10.2 Å². The van der Waals surface area contributed by atoms with E-state index < -0.39 is 0 Å². The summed E-state index contributed by atoms with van der Waals surface area (Å²) < 4.78 is 1.70. The van der Waals surface area contributed by atoms with Gasteiger partial charge < -0.3 is 10.2 Å². The Morgan fingerprint density at radius 2 is 1.91 bits per heavy atom. The Morgan fingerprint density at radius 3 is 2.48 bits per heavy atom. The molecule has 4 rings (SSSR count). The molecule has 2 aromatic heterocycles. The summed E-state index contributed by atoms with van der Waals surface area (Å²) in [5.74, 6) is 0.726. The number of rotatable bonds is 5. The smallest absolute Gasteiger partial charge is 0.224 e. The molecular weight excluding hydrogens is 414 g/mol. The fourth-order valence-corrected chi connectivity index (χ4v) is 4.47. The van der Waals surface area contributed by atoms with E-state index in [1.54, 1.807) is 36.1 Å². The number of anilines is 2. The second kappa shape index (κ2) is 9.54. The molecule has 8 nitrogen and oxygen atoms in total. The summed E-state index contributed by atoms with van der Waals surface area (Å²) in [6.45, 7) is 1.58. The van der Waals surface area contributed by atoms with Crippen LogP contribution in [0.15, 0.2) is 48.9 Å². The number of hydrogen-bond acceptors (Lipinski definition) is 6. The monoisotopic (exact) mass is 439 g/mol. The molecule has 0 unspecified atom stereocenters. The molecule has 1 fully saturated rings. The third-order valence-electron chi connectivity index (χ3n) is 6.06. The molecule has 1 saturated carbocycles. The maximum absolute atomic E-state index is 12.6. The highest BCUT2D eigenvalue weighted by atomic mass is 16.2. The number of aryl methyl sites for hydroxylation is 1. The summed E-state index contributed by atoms with van der Waals surface area (Å²) in [5, 5.41) is 26.3. The van der Waals surface area contributed by atoms with E-state index in [9.17, 15) is 10.1 Å². The van der Waals surface area contributed by atoms with Crippen molar-refractivity contribution in [2.75, 3.05) is 10.2 Å². The number of nitrogens with one attached hydrogen (secondary N) is 1. The van der Waals surface area contributed by atoms with Gasteiger partial charge in [0.25, 0.3) is 0 Å². The van der Waals surface area contributed by atoms with Crippen LogP contribution in [0.3, 0.4) is 0 Å². The molecule has 166 valence electrons. The number of nitrogens with zero attached hydrogens (tertiary/aromatic N) is 6. The number of pyridine rings is 1. The molecule has 0 bridgehead atoms. The first kappa shape index (κ1) is 22.0. The van der Waals surface area contributed by atoms with Gasteiger partial charge in [-0.05, 0) is 49.9 Å². The van der Waals surface area contributed by atoms with Crippen molar-refractivity contribution in [3.63, 3.8) is 0 Å². The molecule has 1 N–H and O–H groups in total. The highest BCUT2D eigenvalue weighted by Gasteiger charge is 2.29. The summed E-state index contributed by atoms with van der Waals surface area (Å²) in [6, 6.07) is 13.9. The van der Waals surface area contributed by atoms with Crippen LogP contribution in [0.1, 0.15) is 43.7 Å². The molecule has 0 spiro atoms. The zero-order valence-corrected chi connectivity index (χ0v) is 18.7. The minimum Gasteiger partial charge on any atom is -0.367 e. The molecule has 8 heteroatoms. The SMILES string of the molecule is CC(=O)N(c1ccc(-c2cnn(C)c2)c(C#N)c1)C1CCC(Nc2ccc(C#N)cn2)CC1. The summed E-state index contributed by atoms with van der Waals surface area (Å²) in [6.07, 6.45) is 8.65. The Morgan fingerprint density at radius 1 is 1.12 bits per heavy atom. The number of carbonyl (C=O) groups is 1. The molecule has 0 saturated heterocycles. The Hall–Kier alpha value is -4.17. The molecule has 1 aliphatic carbocycles. The maximum Gasteiger partial charge on any atom is 0.224 e. The molecule has 0 aliphatic heterocycles. The topological polar surface area (TPSA) is 111 Å². The molecule has 1 amide bonds. The van der Waals surface area contributed by atoms with Crippen molar-refractivity contribution in [2.45, 2.75) is 44.7 Å². The quantitative estimate of drug-likeness (QED) is 0.643. The second-order valence-electron chi connectivity index (χ2n) is 8.33. The fraction of sp³-hybridized carbons (Fsp3) is 0.320. The van der Waals surface area contributed by atoms with Gasteiger partial charge >= 0.3 is 0 Å². The number of aromatic nitrogens is 3. The lowest BCUT2D eigenvalue weighted by Gasteiger charge is -2.37. The predicted octanol–water partition coefficient (Wildman–Crippen LogP) is 4.00. The highest BCUT2D eigenvalue weighted by molar-refractivity contribution is 5.93. The first-order valence-electron chi connectivity index (χ1n) is 10.9. The van der Waals surface area contributed by atoms with Gasteiger partial charge in [0.2, 0.25) is 5.91 Å². The van der Waals surface area contributed by atoms with Crippen molar-refractivity contribution >= 4 is 17.4 Å². The Labute approximate surface area is 193 Å². The van der Waals surface area contributed by atoms with Crippen LogP contribution in [0.25, 0.3) is 11.1 Å². The second-order valence-corrected chi connectivity index (χ2v) is 8.33. The molecule has 1 aromatic carbocycles. The first-order valence-corrected chi connectivity index (χ1v) is 10.9. The zero-order chi connectivity index (χ0) is 23.4. The molecule has 0 radical (unpaired) electrons. The van der Waals surface area contributed by atoms with Crippen LogP contribution in [-0.4, -0.2) is 32.8 Å². The van der Waals surface area contributed by atoms with Crippen molar-refractivity contribution < 1.29 is 4.79 Å². The normalized spacial score (nSPS) is 17.6. The Bertz CT molecular complexity index is 1220. The third-order valence-corrected chi connectivity index (χ3v) is 6.06. The van der Waals surface area contributed by atoms with Crippen LogP contribution in [-0.2, 0) is 11.8 Å². The van der Waals surface area contributed by atoms with Crippen molar-refractivity contribution in [1.82, 2.24) is 14.8 Å². The van der Waals surface area contributed by atoms with Gasteiger partial charge in [0.15, 0.2) is 0 Å². The van der Waals surface area contributed by atoms with E-state index in [4.69, 9.17) is 5.26 Å². The average Bonchev–Trinajstić information content (AvgIpc) is 3.26. The van der Waals surface area contributed by atoms with Crippen LogP contribution in [0, 0.1) is 22.7 Å². The van der Waals surface area contributed by atoms with Crippen molar-refractivity contribution in [3.8, 4) is 23.3 Å². The Balaban J connectivity index is 1.47. The van der Waals surface area contributed by atoms with Crippen molar-refractivity contribution in [3.05, 3.63) is 60.0 Å². The molecule has 33 heavy (non-hydrogen) atoms. The summed E-state index contributed by atoms with van der Waals surface area (Å²) >= 11 is 0. The largest absolute Gasteiger partial charge is 0.367 e. The number of hydrogen-bond donors (Lipinski definition) is 1. The van der Waals surface area contributed by atoms with Gasteiger partial charge in [0.1, 0.15) is 11.9 Å². The molecule has 3 aromatic rings. The predicted molar refractivity (Wildman–Crippen MR) is 125 cm³/mol. The lowest BCUT2D eigenvalue weighted by Crippen LogP contribution is -2.43. The van der Waals surface area contributed by atoms with Gasteiger partial charge in [-0.15, -0.1) is 0 Å². The van der Waals surface area contributed by atoms with Gasteiger partial charge in [-0.25, -0.2) is 4.98 Å². The van der Waals surface area contributed by atoms with E-state index in [-0.39, 0.29) is 18.0 Å². The Kier molecular flexibility index (Phi) is 6.37. The zero-order valence-electron chi connectivity index (χ0n) is 18.7. The van der Waals surface area contributed by atoms with Gasteiger partial charge in [-0.2, -0.15) is 15.6 Å². The van der Waals surface area contributed by atoms with Crippen LogP contribution in [0.2, 0.25) is 0 Å². The van der Waals surface area contributed by atoms with Crippen molar-refractivity contribution in [1.29, 1.82) is 10.5 Å². The van der Waals surface area contributed by atoms with E-state index in [2.05, 4.69) is 27.5 Å². The fourth-order valence-electron chi connectivity index (χ4n) is 4.47. The number of benzene rings is 1. The maximum atomic E-state index is 12.6. The van der Waals surface area contributed by atoms with Crippen LogP contribution >= 0.6 is 0 Å². The van der Waals surface area contributed by atoms with E-state index >= 15 is 0 Å². The van der Waals surface area contributed by atoms with E-state index in [0.29, 0.717) is 11.1 Å². The first-order chi connectivity index (χ1) is 16.0. The summed E-state index contributed by atoms with van der Waals surface area (Å²) in [5.41, 5.74) is 3.48. The molecule has 1 aliphatic rings. The number of amides is 1. The summed E-state index contributed by atoms with van der Waals surface area (Å²) in [4.78, 5) is 18.7. The third kappa shape index (κ3) is 4.86. The van der Waals surface area contributed by atoms with Gasteiger partial charge in [-0.3, -0.25) is 9.48 Å². The van der Waals surface area contributed by atoms with Gasteiger partial charge in [0, 0.05) is 55.3 Å². The van der Waals surface area contributed by atoms with E-state index in [1.165, 1.54) is 0 Å². The van der Waals surface area contributed by atoms with Gasteiger partial charge in [-0.1, -0.05) is 6.07 Å². The number of nitriles is 2. The number of carbonyl (C=O) groups excluding carboxylic acids is 1. The highest BCUT2D eigenvalue weighted by Crippen LogP contribution is 2.32. The molecule has 2 heterocycles. The molecule has 0 atom stereocenters. The standard InChI is InChI=1S/C25H25N7O/c1-17(33)32(23-8-9-24(19(11-23)13-27)20-15-29-31(2)16-20)22-6-4-21(5-7-22)30-25-10-3-18(12-26)14-28-25/h3,8-11,14-16,21-22H,4-7H2,1-2H3,(H,28,30). The average molecular weight is 440 g/mol.